The monoisotopic (exact) mass is 307 g/mol. The summed E-state index contributed by atoms with van der Waals surface area (Å²) in [6.07, 6.45) is 2.34. The van der Waals surface area contributed by atoms with Crippen molar-refractivity contribution in [3.63, 3.8) is 0 Å². The zero-order chi connectivity index (χ0) is 15.6. The average molecular weight is 308 g/mol. The Kier molecular flexibility index (Phi) is 5.61. The van der Waals surface area contributed by atoms with E-state index >= 15 is 0 Å². The number of hydrogen-bond donors (Lipinski definition) is 1. The van der Waals surface area contributed by atoms with Gasteiger partial charge in [0.15, 0.2) is 0 Å². The Hall–Kier alpha value is -0.670. The summed E-state index contributed by atoms with van der Waals surface area (Å²) in [4.78, 5) is 0. The van der Waals surface area contributed by atoms with Crippen LogP contribution in [0.25, 0.3) is 0 Å². The van der Waals surface area contributed by atoms with Crippen LogP contribution in [0, 0.1) is 25.7 Å². The van der Waals surface area contributed by atoms with E-state index < -0.39 is 10.8 Å². The third-order valence-corrected chi connectivity index (χ3v) is 6.67. The molecule has 21 heavy (non-hydrogen) atoms. The molecule has 0 spiro atoms. The normalized spacial score (nSPS) is 31.1. The fourth-order valence-corrected chi connectivity index (χ4v) is 5.90. The van der Waals surface area contributed by atoms with Crippen LogP contribution in [-0.2, 0) is 16.6 Å². The van der Waals surface area contributed by atoms with Gasteiger partial charge in [-0.3, -0.25) is 4.21 Å². The fraction of sp³-hybridized carbons (Fsp3) is 0.667. The molecular weight excluding hydrogens is 278 g/mol. The number of hydrogen-bond acceptors (Lipinski definition) is 2. The third-order valence-electron chi connectivity index (χ3n) is 4.65. The Morgan fingerprint density at radius 3 is 2.33 bits per heavy atom. The first-order chi connectivity index (χ1) is 9.90. The van der Waals surface area contributed by atoms with Gasteiger partial charge in [0.1, 0.15) is 0 Å². The Balaban J connectivity index is 2.14. The molecule has 0 aliphatic heterocycles. The highest BCUT2D eigenvalue weighted by atomic mass is 32.2. The molecule has 1 saturated carbocycles. The molecule has 5 unspecified atom stereocenters. The summed E-state index contributed by atoms with van der Waals surface area (Å²) in [5, 5.41) is 3.68. The SMILES string of the molecule is CNC1CC(C)CC(C)C1S(=O)Cc1cc(C)cc(C)c1. The van der Waals surface area contributed by atoms with Crippen LogP contribution >= 0.6 is 0 Å². The lowest BCUT2D eigenvalue weighted by atomic mass is 9.80. The van der Waals surface area contributed by atoms with Gasteiger partial charge in [-0.1, -0.05) is 43.2 Å². The Bertz CT molecular complexity index is 494. The predicted octanol–water partition coefficient (Wildman–Crippen LogP) is 3.57. The van der Waals surface area contributed by atoms with E-state index in [1.807, 2.05) is 7.05 Å². The van der Waals surface area contributed by atoms with Gasteiger partial charge in [0.2, 0.25) is 0 Å². The highest BCUT2D eigenvalue weighted by molar-refractivity contribution is 7.84. The van der Waals surface area contributed by atoms with Crippen LogP contribution in [-0.4, -0.2) is 22.5 Å². The molecule has 1 aromatic rings. The first-order valence-corrected chi connectivity index (χ1v) is 9.40. The molecule has 1 fully saturated rings. The molecule has 0 amide bonds. The maximum Gasteiger partial charge on any atom is 0.0530 e. The number of aryl methyl sites for hydroxylation is 2. The lowest BCUT2D eigenvalue weighted by molar-refractivity contribution is 0.253. The molecule has 1 aliphatic carbocycles. The van der Waals surface area contributed by atoms with Gasteiger partial charge in [-0.2, -0.15) is 0 Å². The van der Waals surface area contributed by atoms with Gasteiger partial charge in [-0.15, -0.1) is 0 Å². The van der Waals surface area contributed by atoms with E-state index in [9.17, 15) is 4.21 Å². The van der Waals surface area contributed by atoms with Gasteiger partial charge in [0, 0.05) is 22.6 Å². The molecular formula is C18H29NOS. The van der Waals surface area contributed by atoms with Crippen LogP contribution in [0.15, 0.2) is 18.2 Å². The van der Waals surface area contributed by atoms with Crippen molar-refractivity contribution in [2.45, 2.75) is 57.6 Å². The van der Waals surface area contributed by atoms with Crippen LogP contribution in [0.4, 0.5) is 0 Å². The minimum atomic E-state index is -0.811. The zero-order valence-corrected chi connectivity index (χ0v) is 14.8. The molecule has 3 heteroatoms. The van der Waals surface area contributed by atoms with E-state index in [0.29, 0.717) is 17.7 Å². The molecule has 1 aromatic carbocycles. The topological polar surface area (TPSA) is 29.1 Å². The van der Waals surface area contributed by atoms with E-state index in [4.69, 9.17) is 0 Å². The first-order valence-electron chi connectivity index (χ1n) is 8.02. The summed E-state index contributed by atoms with van der Waals surface area (Å²) in [7, 11) is 1.20. The van der Waals surface area contributed by atoms with Crippen LogP contribution in [0.3, 0.4) is 0 Å². The van der Waals surface area contributed by atoms with Crippen molar-refractivity contribution >= 4 is 10.8 Å². The highest BCUT2D eigenvalue weighted by Gasteiger charge is 2.36. The first kappa shape index (κ1) is 16.7. The van der Waals surface area contributed by atoms with Crippen molar-refractivity contribution in [2.75, 3.05) is 7.05 Å². The molecule has 1 aliphatic rings. The lowest BCUT2D eigenvalue weighted by Crippen LogP contribution is -2.49. The van der Waals surface area contributed by atoms with Crippen LogP contribution in [0.2, 0.25) is 0 Å². The van der Waals surface area contributed by atoms with Gasteiger partial charge >= 0.3 is 0 Å². The van der Waals surface area contributed by atoms with Crippen molar-refractivity contribution in [2.24, 2.45) is 11.8 Å². The summed E-state index contributed by atoms with van der Waals surface area (Å²) in [6.45, 7) is 8.80. The molecule has 5 atom stereocenters. The van der Waals surface area contributed by atoms with Gasteiger partial charge in [-0.05, 0) is 51.1 Å². The van der Waals surface area contributed by atoms with Gasteiger partial charge in [0.25, 0.3) is 0 Å². The molecule has 0 heterocycles. The summed E-state index contributed by atoms with van der Waals surface area (Å²) in [5.41, 5.74) is 3.74. The highest BCUT2D eigenvalue weighted by Crippen LogP contribution is 2.33. The van der Waals surface area contributed by atoms with Crippen molar-refractivity contribution < 1.29 is 4.21 Å². The van der Waals surface area contributed by atoms with Crippen molar-refractivity contribution in [3.8, 4) is 0 Å². The minimum absolute atomic E-state index is 0.270. The van der Waals surface area contributed by atoms with E-state index in [1.165, 1.54) is 23.1 Å². The number of nitrogens with one attached hydrogen (secondary N) is 1. The smallest absolute Gasteiger partial charge is 0.0530 e. The molecule has 0 aromatic heterocycles. The molecule has 0 bridgehead atoms. The molecule has 2 nitrogen and oxygen atoms in total. The molecule has 0 saturated heterocycles. The second-order valence-electron chi connectivity index (χ2n) is 6.93. The second-order valence-corrected chi connectivity index (χ2v) is 8.53. The van der Waals surface area contributed by atoms with Crippen LogP contribution < -0.4 is 5.32 Å². The molecule has 118 valence electrons. The van der Waals surface area contributed by atoms with E-state index in [1.54, 1.807) is 0 Å². The second kappa shape index (κ2) is 7.06. The van der Waals surface area contributed by atoms with Crippen LogP contribution in [0.5, 0.6) is 0 Å². The number of rotatable bonds is 4. The summed E-state index contributed by atoms with van der Waals surface area (Å²) in [6, 6.07) is 6.91. The third kappa shape index (κ3) is 4.17. The largest absolute Gasteiger partial charge is 0.316 e. The van der Waals surface area contributed by atoms with Gasteiger partial charge in [0.05, 0.1) is 5.25 Å². The zero-order valence-electron chi connectivity index (χ0n) is 14.0. The Labute approximate surface area is 132 Å². The quantitative estimate of drug-likeness (QED) is 0.921. The maximum absolute atomic E-state index is 12.9. The maximum atomic E-state index is 12.9. The standard InChI is InChI=1S/C18H29NOS/c1-12-6-13(2)9-16(8-12)11-21(20)18-15(4)7-14(3)10-17(18)19-5/h6,8-9,14-15,17-19H,7,10-11H2,1-5H3. The molecule has 0 radical (unpaired) electrons. The van der Waals surface area contributed by atoms with Crippen LogP contribution in [0.1, 0.15) is 43.4 Å². The average Bonchev–Trinajstić information content (AvgIpc) is 2.35. The van der Waals surface area contributed by atoms with E-state index in [2.05, 4.69) is 51.2 Å². The van der Waals surface area contributed by atoms with Crippen molar-refractivity contribution in [3.05, 3.63) is 34.9 Å². The summed E-state index contributed by atoms with van der Waals surface area (Å²) in [5.74, 6) is 1.94. The fourth-order valence-electron chi connectivity index (χ4n) is 3.97. The summed E-state index contributed by atoms with van der Waals surface area (Å²) >= 11 is 0. The Morgan fingerprint density at radius 2 is 1.76 bits per heavy atom. The van der Waals surface area contributed by atoms with E-state index in [0.717, 1.165) is 12.3 Å². The van der Waals surface area contributed by atoms with Crippen molar-refractivity contribution in [1.29, 1.82) is 0 Å². The minimum Gasteiger partial charge on any atom is -0.316 e. The summed E-state index contributed by atoms with van der Waals surface area (Å²) < 4.78 is 12.9. The van der Waals surface area contributed by atoms with Gasteiger partial charge < -0.3 is 5.32 Å². The predicted molar refractivity (Wildman–Crippen MR) is 92.0 cm³/mol. The number of benzene rings is 1. The van der Waals surface area contributed by atoms with Gasteiger partial charge in [-0.25, -0.2) is 0 Å². The molecule has 2 rings (SSSR count). The molecule has 1 N–H and O–H groups in total. The lowest BCUT2D eigenvalue weighted by Gasteiger charge is -2.39. The Morgan fingerprint density at radius 1 is 1.14 bits per heavy atom. The van der Waals surface area contributed by atoms with Crippen molar-refractivity contribution in [1.82, 2.24) is 5.32 Å². The van der Waals surface area contributed by atoms with E-state index in [-0.39, 0.29) is 5.25 Å².